The van der Waals surface area contributed by atoms with Crippen molar-refractivity contribution in [3.63, 3.8) is 0 Å². The molecule has 0 bridgehead atoms. The first-order valence-corrected chi connectivity index (χ1v) is 12.2. The Bertz CT molecular complexity index is 707. The van der Waals surface area contributed by atoms with Crippen LogP contribution < -0.4 is 15.9 Å². The third-order valence-electron chi connectivity index (χ3n) is 4.71. The molecule has 0 amide bonds. The molecular formula is C23H26BrO2P. The van der Waals surface area contributed by atoms with E-state index in [0.29, 0.717) is 0 Å². The van der Waals surface area contributed by atoms with Crippen LogP contribution in [-0.2, 0) is 0 Å². The van der Waals surface area contributed by atoms with Crippen LogP contribution in [0.25, 0.3) is 0 Å². The molecule has 0 atom stereocenters. The van der Waals surface area contributed by atoms with E-state index in [9.17, 15) is 0 Å². The second-order valence-corrected chi connectivity index (χ2v) is 11.1. The molecule has 0 aliphatic rings. The molecule has 0 saturated carbocycles. The molecule has 0 unspecified atom stereocenters. The van der Waals surface area contributed by atoms with Crippen LogP contribution >= 0.6 is 23.2 Å². The van der Waals surface area contributed by atoms with Crippen molar-refractivity contribution < 1.29 is 9.90 Å². The molecule has 0 fully saturated rings. The van der Waals surface area contributed by atoms with Crippen LogP contribution in [0.15, 0.2) is 91.0 Å². The maximum absolute atomic E-state index is 8.92. The fourth-order valence-electron chi connectivity index (χ4n) is 3.54. The third kappa shape index (κ3) is 5.76. The molecule has 0 aliphatic carbocycles. The number of carboxylic acid groups (broad SMARTS) is 1. The number of unbranched alkanes of at least 4 members (excludes halogenated alkanes) is 1. The van der Waals surface area contributed by atoms with Crippen molar-refractivity contribution in [3.8, 4) is 0 Å². The van der Waals surface area contributed by atoms with Gasteiger partial charge in [0.1, 0.15) is 0 Å². The predicted molar refractivity (Wildman–Crippen MR) is 123 cm³/mol. The van der Waals surface area contributed by atoms with E-state index in [1.54, 1.807) is 0 Å². The van der Waals surface area contributed by atoms with Crippen LogP contribution in [0.5, 0.6) is 0 Å². The first-order chi connectivity index (χ1) is 13.1. The largest absolute Gasteiger partial charge is 0.473 e. The Morgan fingerprint density at radius 2 is 1.07 bits per heavy atom. The predicted octanol–water partition coefficient (Wildman–Crippen LogP) is 5.57. The topological polar surface area (TPSA) is 37.3 Å². The van der Waals surface area contributed by atoms with Gasteiger partial charge in [0.2, 0.25) is 0 Å². The van der Waals surface area contributed by atoms with E-state index in [0.717, 1.165) is 0 Å². The maximum atomic E-state index is 8.92. The average Bonchev–Trinajstić information content (AvgIpc) is 2.71. The van der Waals surface area contributed by atoms with E-state index in [-0.39, 0.29) is 0 Å². The van der Waals surface area contributed by atoms with Crippen molar-refractivity contribution in [1.29, 1.82) is 0 Å². The third-order valence-corrected chi connectivity index (χ3v) is 9.77. The number of hydrogen-bond donors (Lipinski definition) is 1. The summed E-state index contributed by atoms with van der Waals surface area (Å²) in [4.78, 5) is 7.90. The molecule has 3 aromatic rings. The maximum Gasteiger partial charge on any atom is 0.372 e. The van der Waals surface area contributed by atoms with Crippen LogP contribution in [0.2, 0.25) is 0 Å². The molecule has 0 spiro atoms. The molecule has 0 radical (unpaired) electrons. The normalized spacial score (nSPS) is 11.2. The second-order valence-electron chi connectivity index (χ2n) is 6.36. The minimum absolute atomic E-state index is 1.02. The fourth-order valence-corrected chi connectivity index (χ4v) is 8.58. The van der Waals surface area contributed by atoms with Crippen LogP contribution in [0.3, 0.4) is 0 Å². The molecular weight excluding hydrogens is 419 g/mol. The van der Waals surface area contributed by atoms with Gasteiger partial charge in [-0.05, 0) is 0 Å². The number of rotatable bonds is 6. The smallest absolute Gasteiger partial charge is 0.372 e. The number of hydrogen-bond acceptors (Lipinski definition) is 1. The average molecular weight is 445 g/mol. The van der Waals surface area contributed by atoms with Gasteiger partial charge in [-0.1, -0.05) is 0 Å². The molecule has 3 rings (SSSR count). The van der Waals surface area contributed by atoms with Gasteiger partial charge in [-0.2, -0.15) is 0 Å². The van der Waals surface area contributed by atoms with Gasteiger partial charge in [0, 0.05) is 15.9 Å². The van der Waals surface area contributed by atoms with Crippen molar-refractivity contribution in [2.24, 2.45) is 0 Å². The Balaban J connectivity index is 0.000000596. The van der Waals surface area contributed by atoms with Gasteiger partial charge in [-0.25, -0.2) is 4.79 Å². The van der Waals surface area contributed by atoms with E-state index in [1.807, 2.05) is 0 Å². The summed E-state index contributed by atoms with van der Waals surface area (Å²) in [7, 11) is -1.94. The van der Waals surface area contributed by atoms with Crippen molar-refractivity contribution >= 4 is 44.0 Å². The summed E-state index contributed by atoms with van der Waals surface area (Å²) in [6.07, 6.45) is 3.77. The van der Waals surface area contributed by atoms with Gasteiger partial charge in [-0.15, -0.1) is 0 Å². The van der Waals surface area contributed by atoms with Gasteiger partial charge < -0.3 is 5.11 Å². The van der Waals surface area contributed by atoms with Crippen molar-refractivity contribution in [1.82, 2.24) is 0 Å². The fraction of sp³-hybridized carbons (Fsp3) is 0.174. The Hall–Kier alpha value is -1.96. The summed E-state index contributed by atoms with van der Waals surface area (Å²) in [6.45, 7) is 2.29. The van der Waals surface area contributed by atoms with Crippen LogP contribution in [0, 0.1) is 0 Å². The van der Waals surface area contributed by atoms with Crippen LogP contribution in [0.1, 0.15) is 19.8 Å². The molecule has 0 heterocycles. The SMILES string of the molecule is CCCC[PH](c1ccccc1)(c1ccccc1)c1ccccc1.O=C(O)Br. The molecule has 0 aromatic heterocycles. The first kappa shape index (κ1) is 21.3. The summed E-state index contributed by atoms with van der Waals surface area (Å²) in [6, 6.07) is 33.5. The minimum atomic E-state index is -1.94. The van der Waals surface area contributed by atoms with Gasteiger partial charge in [-0.3, -0.25) is 0 Å². The molecule has 27 heavy (non-hydrogen) atoms. The van der Waals surface area contributed by atoms with E-state index < -0.39 is 12.1 Å². The standard InChI is InChI=1S/C22H25P.CHBrO2/c1-2-3-19-23(20-13-7-4-8-14-20,21-15-9-5-10-16-21)22-17-11-6-12-18-22;2-1(3)4/h4-18,23H,2-3,19H2,1H3;(H,3,4). The van der Waals surface area contributed by atoms with E-state index in [1.165, 1.54) is 34.9 Å². The van der Waals surface area contributed by atoms with Gasteiger partial charge in [0.25, 0.3) is 0 Å². The molecule has 1 N–H and O–H groups in total. The molecule has 4 heteroatoms. The van der Waals surface area contributed by atoms with Crippen molar-refractivity contribution in [2.75, 3.05) is 6.16 Å². The Kier molecular flexibility index (Phi) is 8.71. The second kappa shape index (κ2) is 11.0. The Labute approximate surface area is 170 Å². The van der Waals surface area contributed by atoms with Crippen molar-refractivity contribution in [2.45, 2.75) is 19.8 Å². The molecule has 142 valence electrons. The zero-order valence-corrected chi connectivity index (χ0v) is 18.1. The summed E-state index contributed by atoms with van der Waals surface area (Å²) < 4.78 is 0. The summed E-state index contributed by atoms with van der Waals surface area (Å²) in [5.74, 6) is 0. The first-order valence-electron chi connectivity index (χ1n) is 9.16. The Morgan fingerprint density at radius 1 is 0.778 bits per heavy atom. The van der Waals surface area contributed by atoms with Gasteiger partial charge in [0.15, 0.2) is 0 Å². The van der Waals surface area contributed by atoms with E-state index >= 15 is 0 Å². The number of halogens is 1. The number of carbonyl (C=O) groups is 1. The molecule has 0 saturated heterocycles. The summed E-state index contributed by atoms with van der Waals surface area (Å²) in [5.41, 5.74) is 0. The van der Waals surface area contributed by atoms with Crippen LogP contribution in [-0.4, -0.2) is 16.1 Å². The van der Waals surface area contributed by atoms with Crippen LogP contribution in [0.4, 0.5) is 4.79 Å². The molecule has 3 aromatic carbocycles. The monoisotopic (exact) mass is 444 g/mol. The van der Waals surface area contributed by atoms with Gasteiger partial charge in [0.05, 0.1) is 0 Å². The summed E-state index contributed by atoms with van der Waals surface area (Å²) >= 11 is 2.19. The zero-order valence-electron chi connectivity index (χ0n) is 15.5. The Morgan fingerprint density at radius 3 is 1.33 bits per heavy atom. The summed E-state index contributed by atoms with van der Waals surface area (Å²) in [5, 5.41) is 11.9. The van der Waals surface area contributed by atoms with E-state index in [4.69, 9.17) is 9.90 Å². The quantitative estimate of drug-likeness (QED) is 0.398. The van der Waals surface area contributed by atoms with E-state index in [2.05, 4.69) is 114 Å². The zero-order chi connectivity index (χ0) is 19.5. The van der Waals surface area contributed by atoms with Crippen molar-refractivity contribution in [3.05, 3.63) is 91.0 Å². The van der Waals surface area contributed by atoms with Gasteiger partial charge >= 0.3 is 145 Å². The molecule has 2 nitrogen and oxygen atoms in total. The molecule has 0 aliphatic heterocycles. The number of benzene rings is 3. The minimum Gasteiger partial charge on any atom is -0.473 e.